The van der Waals surface area contributed by atoms with Gasteiger partial charge in [0.25, 0.3) is 0 Å². The van der Waals surface area contributed by atoms with Crippen LogP contribution in [0, 0.1) is 0 Å². The summed E-state index contributed by atoms with van der Waals surface area (Å²) in [6, 6.07) is 0.807. The lowest BCUT2D eigenvalue weighted by Gasteiger charge is -2.46. The molecule has 64 heavy (non-hydrogen) atoms. The Bertz CT molecular complexity index is 1050. The Morgan fingerprint density at radius 1 is 0.562 bits per heavy atom. The molecule has 2 heterocycles. The number of nitrogens with one attached hydrogen (secondary N) is 1. The van der Waals surface area contributed by atoms with Crippen LogP contribution in [0.15, 0.2) is 0 Å². The molecule has 7 N–H and O–H groups in total. The largest absolute Gasteiger partial charge is 0.394 e. The van der Waals surface area contributed by atoms with Gasteiger partial charge in [0, 0.05) is 8.07 Å². The van der Waals surface area contributed by atoms with Gasteiger partial charge >= 0.3 is 0 Å². The lowest BCUT2D eigenvalue weighted by molar-refractivity contribution is -0.303. The van der Waals surface area contributed by atoms with Crippen LogP contribution in [-0.2, 0) is 14.2 Å². The Kier molecular flexibility index (Phi) is 35.3. The number of unbranched alkanes of at least 4 members (excludes halogenated alkanes) is 31. The molecule has 5 unspecified atom stereocenters. The number of hydrogen-bond acceptors (Lipinski definition) is 10. The fourth-order valence-corrected chi connectivity index (χ4v) is 11.1. The molecule has 0 aromatic rings. The summed E-state index contributed by atoms with van der Waals surface area (Å²) in [5.74, 6) is 0. The lowest BCUT2D eigenvalue weighted by Crippen LogP contribution is -2.67. The highest BCUT2D eigenvalue weighted by atomic mass is 28.3. The molecule has 11 heteroatoms. The van der Waals surface area contributed by atoms with Crippen LogP contribution >= 0.6 is 0 Å². The lowest BCUT2D eigenvalue weighted by atomic mass is 9.87. The summed E-state index contributed by atoms with van der Waals surface area (Å²) >= 11 is 0. The summed E-state index contributed by atoms with van der Waals surface area (Å²) in [4.78, 5) is 0. The van der Waals surface area contributed by atoms with Crippen LogP contribution in [0.25, 0.3) is 0 Å². The second-order valence-electron chi connectivity index (χ2n) is 21.8. The second kappa shape index (κ2) is 37.7. The first kappa shape index (κ1) is 59.9. The molecule has 0 saturated carbocycles. The number of rotatable bonds is 45. The highest BCUT2D eigenvalue weighted by Gasteiger charge is 2.46. The van der Waals surface area contributed by atoms with E-state index in [0.29, 0.717) is 19.6 Å². The van der Waals surface area contributed by atoms with E-state index in [9.17, 15) is 30.6 Å². The zero-order valence-electron chi connectivity index (χ0n) is 42.3. The van der Waals surface area contributed by atoms with E-state index in [1.807, 2.05) is 0 Å². The van der Waals surface area contributed by atoms with Gasteiger partial charge in [0.1, 0.15) is 24.4 Å². The van der Waals surface area contributed by atoms with E-state index in [1.54, 1.807) is 0 Å². The average molecular weight is 931 g/mol. The van der Waals surface area contributed by atoms with Gasteiger partial charge in [0.2, 0.25) is 0 Å². The van der Waals surface area contributed by atoms with Crippen molar-refractivity contribution in [2.75, 3.05) is 26.4 Å². The van der Waals surface area contributed by atoms with Crippen LogP contribution in [0.3, 0.4) is 0 Å². The molecular weight excluding hydrogens is 823 g/mol. The summed E-state index contributed by atoms with van der Waals surface area (Å²) in [5.41, 5.74) is -0.355. The third kappa shape index (κ3) is 28.3. The Hall–Kier alpha value is -0.183. The molecule has 0 amide bonds. The van der Waals surface area contributed by atoms with E-state index in [2.05, 4.69) is 31.9 Å². The summed E-state index contributed by atoms with van der Waals surface area (Å²) in [6.45, 7) is 10.1. The summed E-state index contributed by atoms with van der Waals surface area (Å²) in [7, 11) is -0.835. The van der Waals surface area contributed by atoms with Gasteiger partial charge in [-0.2, -0.15) is 0 Å². The van der Waals surface area contributed by atoms with E-state index in [4.69, 9.17) is 14.2 Å². The van der Waals surface area contributed by atoms with Gasteiger partial charge in [-0.15, -0.1) is 0 Å². The molecule has 2 aliphatic rings. The summed E-state index contributed by atoms with van der Waals surface area (Å²) in [5, 5.41) is 67.2. The van der Waals surface area contributed by atoms with Crippen molar-refractivity contribution in [2.45, 2.75) is 312 Å². The first-order valence-corrected chi connectivity index (χ1v) is 31.3. The second-order valence-corrected chi connectivity index (χ2v) is 27.4. The van der Waals surface area contributed by atoms with Crippen LogP contribution in [0.2, 0.25) is 25.7 Å². The monoisotopic (exact) mass is 930 g/mol. The highest BCUT2D eigenvalue weighted by molar-refractivity contribution is 6.76. The molecule has 0 aliphatic carbocycles. The van der Waals surface area contributed by atoms with Gasteiger partial charge < -0.3 is 44.8 Å². The van der Waals surface area contributed by atoms with Gasteiger partial charge in [-0.25, -0.2) is 0 Å². The minimum absolute atomic E-state index is 0.111. The molecule has 2 saturated heterocycles. The maximum absolute atomic E-state index is 11.5. The van der Waals surface area contributed by atoms with E-state index >= 15 is 0 Å². The molecule has 10 nitrogen and oxygen atoms in total. The highest BCUT2D eigenvalue weighted by Crippen LogP contribution is 2.28. The summed E-state index contributed by atoms with van der Waals surface area (Å²) < 4.78 is 17.2. The van der Waals surface area contributed by atoms with Gasteiger partial charge in [-0.1, -0.05) is 244 Å². The Balaban J connectivity index is 1.62. The first-order valence-electron chi connectivity index (χ1n) is 27.6. The quantitative estimate of drug-likeness (QED) is 0.0231. The first-order chi connectivity index (χ1) is 30.9. The van der Waals surface area contributed by atoms with E-state index in [1.165, 1.54) is 186 Å². The molecule has 0 spiro atoms. The normalized spacial score (nSPS) is 22.7. The minimum atomic E-state index is -1.55. The molecule has 0 aromatic heterocycles. The Labute approximate surface area is 395 Å². The van der Waals surface area contributed by atoms with E-state index in [-0.39, 0.29) is 12.1 Å². The van der Waals surface area contributed by atoms with Gasteiger partial charge in [-0.05, 0) is 12.8 Å². The maximum atomic E-state index is 11.5. The van der Waals surface area contributed by atoms with Crippen molar-refractivity contribution in [3.8, 4) is 0 Å². The van der Waals surface area contributed by atoms with Crippen molar-refractivity contribution in [3.05, 3.63) is 0 Å². The molecule has 0 bridgehead atoms. The van der Waals surface area contributed by atoms with Crippen molar-refractivity contribution < 1.29 is 44.8 Å². The third-order valence-corrected chi connectivity index (χ3v) is 16.1. The molecule has 2 aliphatic heterocycles. The number of hydrogen-bond donors (Lipinski definition) is 7. The number of ether oxygens (including phenoxy) is 3. The van der Waals surface area contributed by atoms with E-state index < -0.39 is 63.6 Å². The molecule has 2 fully saturated rings. The predicted octanol–water partition coefficient (Wildman–Crippen LogP) is 11.3. The molecule has 382 valence electrons. The minimum Gasteiger partial charge on any atom is -0.394 e. The number of aliphatic hydroxyl groups excluding tert-OH is 6. The van der Waals surface area contributed by atoms with Crippen molar-refractivity contribution in [2.24, 2.45) is 0 Å². The fourth-order valence-electron chi connectivity index (χ4n) is 9.78. The fraction of sp³-hybridized carbons (Fsp3) is 1.00. The molecule has 0 radical (unpaired) electrons. The average Bonchev–Trinajstić information content (AvgIpc) is 3.26. The predicted molar refractivity (Wildman–Crippen MR) is 268 cm³/mol. The maximum Gasteiger partial charge on any atom is 0.186 e. The molecular formula is C53H107NO9Si. The van der Waals surface area contributed by atoms with Crippen molar-refractivity contribution in [1.82, 2.24) is 5.32 Å². The number of aliphatic hydroxyl groups is 6. The van der Waals surface area contributed by atoms with Gasteiger partial charge in [0.15, 0.2) is 6.29 Å². The van der Waals surface area contributed by atoms with Crippen molar-refractivity contribution >= 4 is 8.07 Å². The molecule has 8 atom stereocenters. The smallest absolute Gasteiger partial charge is 0.186 e. The van der Waals surface area contributed by atoms with E-state index in [0.717, 1.165) is 38.5 Å². The molecule has 2 rings (SSSR count). The Morgan fingerprint density at radius 3 is 1.36 bits per heavy atom. The van der Waals surface area contributed by atoms with Crippen LogP contribution in [0.5, 0.6) is 0 Å². The SMILES string of the molecule is CCCCCCCCCCCCCC[C@@H](O)[C@@H](O)[C@H](COC1OC(CO)C(O)C(O)C1O)NC1(CCCCCCCCCCCCCCCCCCCCCCC[Si](C)(C)C)COC1. The van der Waals surface area contributed by atoms with Crippen LogP contribution in [0.4, 0.5) is 0 Å². The van der Waals surface area contributed by atoms with Crippen LogP contribution in [-0.4, -0.2) is 120 Å². The van der Waals surface area contributed by atoms with Gasteiger partial charge in [0.05, 0.1) is 50.2 Å². The third-order valence-electron chi connectivity index (χ3n) is 14.3. The molecule has 0 aromatic carbocycles. The zero-order chi connectivity index (χ0) is 46.7. The zero-order valence-corrected chi connectivity index (χ0v) is 43.3. The van der Waals surface area contributed by atoms with Crippen molar-refractivity contribution in [3.63, 3.8) is 0 Å². The van der Waals surface area contributed by atoms with Crippen LogP contribution < -0.4 is 5.32 Å². The summed E-state index contributed by atoms with van der Waals surface area (Å²) in [6.07, 6.45) is 35.5. The van der Waals surface area contributed by atoms with Crippen molar-refractivity contribution in [1.29, 1.82) is 0 Å². The van der Waals surface area contributed by atoms with Crippen LogP contribution in [0.1, 0.15) is 232 Å². The topological polar surface area (TPSA) is 161 Å². The van der Waals surface area contributed by atoms with Gasteiger partial charge in [-0.3, -0.25) is 5.32 Å². The standard InChI is InChI=1S/C53H107NO9Si/c1-5-6-7-8-9-10-11-23-26-29-32-35-38-46(56)48(57)45(42-62-52-51(60)50(59)49(58)47(41-55)63-52)54-53(43-61-44-53)39-36-33-30-27-24-21-19-17-15-13-12-14-16-18-20-22-25-28-31-34-37-40-64(2,3)4/h45-52,54-60H,5-44H2,1-4H3/t45-,46+,47?,48-,49?,50?,51?,52?/m0/s1. The Morgan fingerprint density at radius 2 is 0.969 bits per heavy atom.